The van der Waals surface area contributed by atoms with Crippen molar-refractivity contribution >= 4 is 28.3 Å². The monoisotopic (exact) mass is 305 g/mol. The number of hydrogen-bond donors (Lipinski definition) is 2. The Balaban J connectivity index is 1.64. The zero-order valence-corrected chi connectivity index (χ0v) is 13.3. The number of aromatic nitrogens is 1. The highest BCUT2D eigenvalue weighted by Crippen LogP contribution is 2.36. The smallest absolute Gasteiger partial charge is 0.326 e. The number of nitrogens with one attached hydrogen (secondary N) is 2. The molecule has 0 bridgehead atoms. The number of amides is 2. The fraction of sp³-hybridized carbons (Fsp3) is 0.211. The van der Waals surface area contributed by atoms with E-state index in [0.717, 1.165) is 34.4 Å². The largest absolute Gasteiger partial charge is 0.361 e. The summed E-state index contributed by atoms with van der Waals surface area (Å²) in [5.41, 5.74) is 5.18. The molecule has 2 amide bonds. The van der Waals surface area contributed by atoms with Crippen LogP contribution in [0.15, 0.2) is 48.7 Å². The molecule has 1 aromatic heterocycles. The highest BCUT2D eigenvalue weighted by atomic mass is 16.2. The maximum atomic E-state index is 12.8. The molecule has 1 aliphatic heterocycles. The summed E-state index contributed by atoms with van der Waals surface area (Å²) in [6, 6.07) is 14.2. The third-order valence-corrected chi connectivity index (χ3v) is 4.60. The number of aryl methyl sites for hydroxylation is 1. The van der Waals surface area contributed by atoms with Crippen LogP contribution in [-0.4, -0.2) is 17.6 Å². The summed E-state index contributed by atoms with van der Waals surface area (Å²) >= 11 is 0. The Labute approximate surface area is 135 Å². The van der Waals surface area contributed by atoms with Gasteiger partial charge in [0.05, 0.1) is 0 Å². The Morgan fingerprint density at radius 3 is 2.96 bits per heavy atom. The molecular weight excluding hydrogens is 286 g/mol. The first-order chi connectivity index (χ1) is 11.1. The van der Waals surface area contributed by atoms with Crippen molar-refractivity contribution in [2.75, 3.05) is 16.8 Å². The summed E-state index contributed by atoms with van der Waals surface area (Å²) < 4.78 is 0. The van der Waals surface area contributed by atoms with Crippen molar-refractivity contribution < 1.29 is 4.79 Å². The average molecular weight is 305 g/mol. The van der Waals surface area contributed by atoms with Crippen LogP contribution in [-0.2, 0) is 0 Å². The number of carbonyl (C=O) groups is 1. The lowest BCUT2D eigenvalue weighted by atomic mass is 10.0. The number of hydrogen-bond acceptors (Lipinski definition) is 1. The second-order valence-corrected chi connectivity index (χ2v) is 6.23. The molecule has 2 N–H and O–H groups in total. The molecule has 4 nitrogen and oxygen atoms in total. The van der Waals surface area contributed by atoms with Gasteiger partial charge >= 0.3 is 6.03 Å². The number of rotatable bonds is 1. The number of benzene rings is 2. The van der Waals surface area contributed by atoms with E-state index in [1.807, 2.05) is 48.4 Å². The van der Waals surface area contributed by atoms with Gasteiger partial charge in [-0.1, -0.05) is 25.1 Å². The second kappa shape index (κ2) is 5.16. The summed E-state index contributed by atoms with van der Waals surface area (Å²) in [5, 5.41) is 4.22. The highest BCUT2D eigenvalue weighted by molar-refractivity contribution is 6.04. The molecule has 116 valence electrons. The molecule has 1 atom stereocenters. The van der Waals surface area contributed by atoms with Crippen molar-refractivity contribution in [1.29, 1.82) is 0 Å². The summed E-state index contributed by atoms with van der Waals surface area (Å²) in [7, 11) is 0. The number of urea groups is 1. The minimum Gasteiger partial charge on any atom is -0.361 e. The summed E-state index contributed by atoms with van der Waals surface area (Å²) in [5.74, 6) is 0.365. The van der Waals surface area contributed by atoms with Crippen LogP contribution in [0.5, 0.6) is 0 Å². The summed E-state index contributed by atoms with van der Waals surface area (Å²) in [6.45, 7) is 4.89. The normalized spacial score (nSPS) is 16.6. The van der Waals surface area contributed by atoms with Gasteiger partial charge in [-0.2, -0.15) is 0 Å². The predicted molar refractivity (Wildman–Crippen MR) is 94.3 cm³/mol. The lowest BCUT2D eigenvalue weighted by Crippen LogP contribution is -2.34. The van der Waals surface area contributed by atoms with E-state index < -0.39 is 0 Å². The maximum absolute atomic E-state index is 12.8. The molecule has 0 radical (unpaired) electrons. The van der Waals surface area contributed by atoms with Gasteiger partial charge in [0.15, 0.2) is 0 Å². The number of para-hydroxylation sites is 1. The summed E-state index contributed by atoms with van der Waals surface area (Å²) in [4.78, 5) is 17.8. The van der Waals surface area contributed by atoms with Gasteiger partial charge in [0.25, 0.3) is 0 Å². The van der Waals surface area contributed by atoms with E-state index in [9.17, 15) is 4.79 Å². The first-order valence-corrected chi connectivity index (χ1v) is 7.88. The standard InChI is InChI=1S/C19H19N3O/c1-12-9-14-7-8-20-17(14)10-16(12)21-19(23)22-11-13(2)15-5-3-4-6-18(15)22/h3-10,13,20H,11H2,1-2H3,(H,21,23). The van der Waals surface area contributed by atoms with Crippen LogP contribution in [0.2, 0.25) is 0 Å². The number of carbonyl (C=O) groups excluding carboxylic acids is 1. The maximum Gasteiger partial charge on any atom is 0.326 e. The quantitative estimate of drug-likeness (QED) is 0.676. The fourth-order valence-electron chi connectivity index (χ4n) is 3.34. The van der Waals surface area contributed by atoms with Gasteiger partial charge in [-0.3, -0.25) is 4.90 Å². The van der Waals surface area contributed by atoms with Gasteiger partial charge in [0.2, 0.25) is 0 Å². The van der Waals surface area contributed by atoms with Crippen molar-refractivity contribution in [2.45, 2.75) is 19.8 Å². The van der Waals surface area contributed by atoms with E-state index in [4.69, 9.17) is 0 Å². The van der Waals surface area contributed by atoms with Crippen LogP contribution in [0.3, 0.4) is 0 Å². The first-order valence-electron chi connectivity index (χ1n) is 7.88. The molecule has 23 heavy (non-hydrogen) atoms. The number of H-pyrrole nitrogens is 1. The Hall–Kier alpha value is -2.75. The highest BCUT2D eigenvalue weighted by Gasteiger charge is 2.29. The van der Waals surface area contributed by atoms with Crippen LogP contribution in [0, 0.1) is 6.92 Å². The van der Waals surface area contributed by atoms with Gasteiger partial charge < -0.3 is 10.3 Å². The molecule has 0 fully saturated rings. The van der Waals surface area contributed by atoms with Crippen molar-refractivity contribution in [1.82, 2.24) is 4.98 Å². The zero-order valence-electron chi connectivity index (χ0n) is 13.3. The van der Waals surface area contributed by atoms with Crippen LogP contribution in [0.1, 0.15) is 24.0 Å². The molecule has 3 aromatic rings. The number of aromatic amines is 1. The van der Waals surface area contributed by atoms with Crippen LogP contribution < -0.4 is 10.2 Å². The van der Waals surface area contributed by atoms with E-state index in [2.05, 4.69) is 29.4 Å². The Morgan fingerprint density at radius 1 is 1.26 bits per heavy atom. The molecular formula is C19H19N3O. The van der Waals surface area contributed by atoms with Gasteiger partial charge in [0, 0.05) is 35.6 Å². The molecule has 1 aliphatic rings. The number of fused-ring (bicyclic) bond motifs is 2. The molecule has 0 aliphatic carbocycles. The van der Waals surface area contributed by atoms with Crippen LogP contribution in [0.25, 0.3) is 10.9 Å². The summed E-state index contributed by atoms with van der Waals surface area (Å²) in [6.07, 6.45) is 1.91. The Bertz CT molecular complexity index is 897. The third kappa shape index (κ3) is 2.27. The predicted octanol–water partition coefficient (Wildman–Crippen LogP) is 4.63. The molecule has 4 heteroatoms. The molecule has 1 unspecified atom stereocenters. The second-order valence-electron chi connectivity index (χ2n) is 6.23. The number of anilines is 2. The minimum absolute atomic E-state index is 0.0733. The van der Waals surface area contributed by atoms with E-state index in [-0.39, 0.29) is 6.03 Å². The van der Waals surface area contributed by atoms with Crippen molar-refractivity contribution in [2.24, 2.45) is 0 Å². The Kier molecular flexibility index (Phi) is 3.11. The minimum atomic E-state index is -0.0733. The van der Waals surface area contributed by atoms with Crippen LogP contribution >= 0.6 is 0 Å². The topological polar surface area (TPSA) is 48.1 Å². The van der Waals surface area contributed by atoms with Gasteiger partial charge in [-0.05, 0) is 47.7 Å². The third-order valence-electron chi connectivity index (χ3n) is 4.60. The van der Waals surface area contributed by atoms with Gasteiger partial charge in [-0.15, -0.1) is 0 Å². The van der Waals surface area contributed by atoms with Crippen molar-refractivity contribution in [3.05, 3.63) is 59.8 Å². The molecule has 0 spiro atoms. The molecule has 2 aromatic carbocycles. The van der Waals surface area contributed by atoms with Crippen molar-refractivity contribution in [3.63, 3.8) is 0 Å². The van der Waals surface area contributed by atoms with Gasteiger partial charge in [0.1, 0.15) is 0 Å². The molecule has 2 heterocycles. The average Bonchev–Trinajstić information content (AvgIpc) is 3.12. The fourth-order valence-corrected chi connectivity index (χ4v) is 3.34. The van der Waals surface area contributed by atoms with E-state index >= 15 is 0 Å². The van der Waals surface area contributed by atoms with Crippen LogP contribution in [0.4, 0.5) is 16.2 Å². The number of nitrogens with zero attached hydrogens (tertiary/aromatic N) is 1. The van der Waals surface area contributed by atoms with E-state index in [1.54, 1.807) is 0 Å². The zero-order chi connectivity index (χ0) is 16.0. The van der Waals surface area contributed by atoms with E-state index in [1.165, 1.54) is 5.56 Å². The lowest BCUT2D eigenvalue weighted by Gasteiger charge is -2.19. The van der Waals surface area contributed by atoms with Crippen molar-refractivity contribution in [3.8, 4) is 0 Å². The van der Waals surface area contributed by atoms with Gasteiger partial charge in [-0.25, -0.2) is 4.79 Å². The molecule has 4 rings (SSSR count). The lowest BCUT2D eigenvalue weighted by molar-refractivity contribution is 0.257. The Morgan fingerprint density at radius 2 is 2.09 bits per heavy atom. The molecule has 0 saturated carbocycles. The SMILES string of the molecule is Cc1cc2cc[nH]c2cc1NC(=O)N1CC(C)c2ccccc21. The molecule has 0 saturated heterocycles. The first kappa shape index (κ1) is 13.9. The van der Waals surface area contributed by atoms with E-state index in [0.29, 0.717) is 5.92 Å².